The van der Waals surface area contributed by atoms with Crippen LogP contribution in [0.2, 0.25) is 0 Å². The lowest BCUT2D eigenvalue weighted by molar-refractivity contribution is -0.671. The predicted octanol–water partition coefficient (Wildman–Crippen LogP) is 0.948. The lowest BCUT2D eigenvalue weighted by Gasteiger charge is -2.01. The normalized spacial score (nSPS) is 14.2. The van der Waals surface area contributed by atoms with Crippen molar-refractivity contribution in [3.05, 3.63) is 30.1 Å². The third kappa shape index (κ3) is 2.96. The summed E-state index contributed by atoms with van der Waals surface area (Å²) >= 11 is 4.87. The molecule has 0 aromatic carbocycles. The van der Waals surface area contributed by atoms with Crippen LogP contribution in [0.4, 0.5) is 0 Å². The van der Waals surface area contributed by atoms with Crippen LogP contribution in [-0.4, -0.2) is 4.99 Å². The maximum atomic E-state index is 7.17. The van der Waals surface area contributed by atoms with Crippen LogP contribution < -0.4 is 9.88 Å². The molecule has 0 aliphatic rings. The van der Waals surface area contributed by atoms with Gasteiger partial charge in [-0.25, -0.2) is 4.57 Å². The van der Waals surface area contributed by atoms with E-state index in [1.807, 2.05) is 0 Å². The van der Waals surface area contributed by atoms with Gasteiger partial charge in [0.05, 0.1) is 4.99 Å². The highest BCUT2D eigenvalue weighted by molar-refractivity contribution is 7.80. The third-order valence-electron chi connectivity index (χ3n) is 1.44. The molecule has 1 rings (SSSR count). The number of rotatable bonds is 2. The number of thiocarbonyl (C=S) groups is 1. The van der Waals surface area contributed by atoms with E-state index in [1.165, 1.54) is 4.57 Å². The van der Waals surface area contributed by atoms with E-state index >= 15 is 0 Å². The van der Waals surface area contributed by atoms with Crippen molar-refractivity contribution < 1.29 is 8.68 Å². The summed E-state index contributed by atoms with van der Waals surface area (Å²) in [6.07, 6.45) is 3.09. The van der Waals surface area contributed by atoms with E-state index in [1.54, 1.807) is 31.5 Å². The van der Waals surface area contributed by atoms with Crippen molar-refractivity contribution in [2.75, 3.05) is 0 Å². The van der Waals surface area contributed by atoms with Gasteiger partial charge in [0.2, 0.25) is 0 Å². The Morgan fingerprint density at radius 2 is 2.33 bits per heavy atom. The monoisotopic (exact) mass is 184 g/mol. The van der Waals surface area contributed by atoms with Gasteiger partial charge in [0.15, 0.2) is 12.4 Å². The van der Waals surface area contributed by atoms with Crippen LogP contribution in [0.5, 0.6) is 0 Å². The van der Waals surface area contributed by atoms with Gasteiger partial charge >= 0.3 is 0 Å². The highest BCUT2D eigenvalue weighted by Gasteiger charge is 1.94. The fourth-order valence-corrected chi connectivity index (χ4v) is 0.874. The van der Waals surface area contributed by atoms with Gasteiger partial charge in [0.1, 0.15) is 11.1 Å². The Hall–Kier alpha value is -0.960. The Bertz CT molecular complexity index is 345. The zero-order valence-electron chi connectivity index (χ0n) is 9.87. The molecular weight excluding hydrogens is 168 g/mol. The first-order chi connectivity index (χ1) is 6.89. The minimum atomic E-state index is -2.11. The van der Waals surface area contributed by atoms with Gasteiger partial charge in [-0.3, -0.25) is 0 Å². The van der Waals surface area contributed by atoms with Gasteiger partial charge in [-0.1, -0.05) is 12.2 Å². The van der Waals surface area contributed by atoms with Crippen LogP contribution in [0, 0.1) is 0 Å². The maximum absolute atomic E-state index is 7.17. The maximum Gasteiger partial charge on any atom is 0.168 e. The highest BCUT2D eigenvalue weighted by Crippen LogP contribution is 1.93. The van der Waals surface area contributed by atoms with E-state index in [4.69, 9.17) is 16.3 Å². The van der Waals surface area contributed by atoms with E-state index in [0.717, 1.165) is 10.6 Å². The summed E-state index contributed by atoms with van der Waals surface area (Å²) < 4.78 is 22.7. The molecule has 0 aliphatic carbocycles. The first kappa shape index (κ1) is 5.65. The zero-order valence-corrected chi connectivity index (χ0v) is 7.69. The molecule has 1 N–H and O–H groups in total. The third-order valence-corrected chi connectivity index (χ3v) is 1.58. The van der Waals surface area contributed by atoms with Gasteiger partial charge < -0.3 is 5.32 Å². The Morgan fingerprint density at radius 3 is 2.83 bits per heavy atom. The molecule has 0 bridgehead atoms. The van der Waals surface area contributed by atoms with Crippen molar-refractivity contribution in [3.63, 3.8) is 0 Å². The Labute approximate surface area is 82.4 Å². The molecule has 0 amide bonds. The van der Waals surface area contributed by atoms with Crippen LogP contribution in [-0.2, 0) is 13.5 Å². The van der Waals surface area contributed by atoms with Crippen LogP contribution in [0.25, 0.3) is 0 Å². The first-order valence-corrected chi connectivity index (χ1v) is 4.05. The number of hydrogen-bond acceptors (Lipinski definition) is 1. The van der Waals surface area contributed by atoms with E-state index in [-0.39, 0.29) is 0 Å². The molecule has 3 heteroatoms. The second-order valence-corrected chi connectivity index (χ2v) is 3.14. The standard InChI is InChI=1S/C9H12N2S/c1-8(12)10-7-9-3-5-11(2)6-4-9/h3-6H,7H2,1-2H3/p+1/i2D3. The topological polar surface area (TPSA) is 15.9 Å². The molecule has 1 heterocycles. The number of nitrogens with zero attached hydrogens (tertiary/aromatic N) is 1. The molecule has 64 valence electrons. The van der Waals surface area contributed by atoms with E-state index in [9.17, 15) is 0 Å². The molecule has 0 fully saturated rings. The lowest BCUT2D eigenvalue weighted by Crippen LogP contribution is -2.26. The summed E-state index contributed by atoms with van der Waals surface area (Å²) in [6.45, 7) is 0.323. The van der Waals surface area contributed by atoms with Crippen LogP contribution in [0.15, 0.2) is 24.5 Å². The minimum Gasteiger partial charge on any atom is -0.376 e. The molecule has 1 aromatic heterocycles. The largest absolute Gasteiger partial charge is 0.376 e. The summed E-state index contributed by atoms with van der Waals surface area (Å²) in [5.74, 6) is 0. The van der Waals surface area contributed by atoms with E-state index in [0.29, 0.717) is 6.54 Å². The summed E-state index contributed by atoms with van der Waals surface area (Å²) in [6, 6.07) is 3.52. The fourth-order valence-electron chi connectivity index (χ4n) is 0.802. The minimum absolute atomic E-state index is 0.622. The molecule has 0 saturated carbocycles. The molecule has 0 aliphatic heterocycles. The summed E-state index contributed by atoms with van der Waals surface area (Å²) in [7, 11) is 0. The smallest absolute Gasteiger partial charge is 0.168 e. The molecule has 0 unspecified atom stereocenters. The van der Waals surface area contributed by atoms with Gasteiger partial charge in [0, 0.05) is 18.7 Å². The molecule has 12 heavy (non-hydrogen) atoms. The molecule has 0 radical (unpaired) electrons. The van der Waals surface area contributed by atoms with E-state index < -0.39 is 6.98 Å². The number of nitrogens with one attached hydrogen (secondary N) is 1. The lowest BCUT2D eigenvalue weighted by atomic mass is 10.3. The average Bonchev–Trinajstić information content (AvgIpc) is 2.14. The summed E-state index contributed by atoms with van der Waals surface area (Å²) in [5, 5.41) is 3.00. The van der Waals surface area contributed by atoms with Crippen molar-refractivity contribution in [2.24, 2.45) is 6.98 Å². The summed E-state index contributed by atoms with van der Waals surface area (Å²) in [4.78, 5) is 0.725. The van der Waals surface area contributed by atoms with E-state index in [2.05, 4.69) is 5.32 Å². The molecule has 0 saturated heterocycles. The number of aryl methyl sites for hydroxylation is 1. The molecule has 1 aromatic rings. The van der Waals surface area contributed by atoms with Gasteiger partial charge in [-0.2, -0.15) is 0 Å². The second-order valence-electron chi connectivity index (χ2n) is 2.52. The van der Waals surface area contributed by atoms with Gasteiger partial charge in [-0.05, 0) is 12.5 Å². The Kier molecular flexibility index (Phi) is 1.96. The fraction of sp³-hybridized carbons (Fsp3) is 0.333. The number of hydrogen-bond donors (Lipinski definition) is 1. The Balaban J connectivity index is 2.69. The zero-order chi connectivity index (χ0) is 11.5. The van der Waals surface area contributed by atoms with Gasteiger partial charge in [-0.15, -0.1) is 0 Å². The van der Waals surface area contributed by atoms with Gasteiger partial charge in [0.25, 0.3) is 0 Å². The van der Waals surface area contributed by atoms with Crippen LogP contribution in [0.1, 0.15) is 16.6 Å². The molecule has 0 atom stereocenters. The van der Waals surface area contributed by atoms with Crippen LogP contribution >= 0.6 is 12.2 Å². The van der Waals surface area contributed by atoms with Crippen molar-refractivity contribution in [1.82, 2.24) is 5.32 Å². The molecular formula is C9H13N2S+. The highest BCUT2D eigenvalue weighted by atomic mass is 32.1. The first-order valence-electron chi connectivity index (χ1n) is 5.15. The average molecular weight is 184 g/mol. The van der Waals surface area contributed by atoms with Crippen molar-refractivity contribution >= 4 is 17.2 Å². The summed E-state index contributed by atoms with van der Waals surface area (Å²) in [5.41, 5.74) is 1.000. The quantitative estimate of drug-likeness (QED) is 0.544. The molecule has 0 spiro atoms. The number of pyridine rings is 1. The van der Waals surface area contributed by atoms with Crippen molar-refractivity contribution in [3.8, 4) is 0 Å². The second kappa shape index (κ2) is 4.16. The van der Waals surface area contributed by atoms with Crippen molar-refractivity contribution in [1.29, 1.82) is 0 Å². The van der Waals surface area contributed by atoms with Crippen molar-refractivity contribution in [2.45, 2.75) is 13.5 Å². The Morgan fingerprint density at radius 1 is 1.67 bits per heavy atom. The SMILES string of the molecule is [2H]C([2H])([2H])[n+]1ccc(CNC(C)=S)cc1. The van der Waals surface area contributed by atoms with Crippen LogP contribution in [0.3, 0.4) is 0 Å². The predicted molar refractivity (Wildman–Crippen MR) is 52.7 cm³/mol. The molecule has 2 nitrogen and oxygen atoms in total. The number of aromatic nitrogens is 1.